The number of benzene rings is 1. The molecule has 0 aliphatic heterocycles. The molecule has 0 radical (unpaired) electrons. The topological polar surface area (TPSA) is 38.0 Å². The van der Waals surface area contributed by atoms with Crippen LogP contribution in [0.25, 0.3) is 0 Å². The van der Waals surface area contributed by atoms with Crippen LogP contribution in [0.1, 0.15) is 11.1 Å². The molecular formula is C8H5ClF6N2. The molecule has 1 aromatic carbocycles. The molecule has 0 spiro atoms. The fourth-order valence-electron chi connectivity index (χ4n) is 1.14. The van der Waals surface area contributed by atoms with Crippen molar-refractivity contribution in [2.24, 2.45) is 5.84 Å². The predicted molar refractivity (Wildman–Crippen MR) is 49.3 cm³/mol. The highest BCUT2D eigenvalue weighted by Gasteiger charge is 2.39. The number of halogens is 7. The molecule has 17 heavy (non-hydrogen) atoms. The molecule has 0 atom stereocenters. The van der Waals surface area contributed by atoms with Crippen molar-refractivity contribution in [1.29, 1.82) is 0 Å². The van der Waals surface area contributed by atoms with Crippen LogP contribution in [0.5, 0.6) is 0 Å². The van der Waals surface area contributed by atoms with E-state index in [4.69, 9.17) is 17.4 Å². The number of nitrogen functional groups attached to an aromatic ring is 1. The third-order valence-electron chi connectivity index (χ3n) is 1.87. The molecule has 0 aliphatic carbocycles. The maximum atomic E-state index is 12.5. The van der Waals surface area contributed by atoms with Crippen LogP contribution < -0.4 is 11.3 Å². The van der Waals surface area contributed by atoms with Gasteiger partial charge in [0.05, 0.1) is 21.8 Å². The first-order chi connectivity index (χ1) is 7.57. The second-order valence-corrected chi connectivity index (χ2v) is 3.43. The Morgan fingerprint density at radius 1 is 1.00 bits per heavy atom. The van der Waals surface area contributed by atoms with E-state index in [1.54, 1.807) is 5.43 Å². The SMILES string of the molecule is NNc1c(Cl)cc(C(F)(F)F)cc1C(F)(F)F. The summed E-state index contributed by atoms with van der Waals surface area (Å²) in [6, 6.07) is 0.313. The monoisotopic (exact) mass is 278 g/mol. The van der Waals surface area contributed by atoms with Gasteiger partial charge < -0.3 is 5.43 Å². The van der Waals surface area contributed by atoms with Gasteiger partial charge in [0.25, 0.3) is 0 Å². The zero-order valence-corrected chi connectivity index (χ0v) is 8.63. The molecule has 1 rings (SSSR count). The molecule has 0 aromatic heterocycles. The number of rotatable bonds is 1. The predicted octanol–water partition coefficient (Wildman–Crippen LogP) is 3.66. The minimum Gasteiger partial charge on any atom is -0.322 e. The second kappa shape index (κ2) is 4.26. The van der Waals surface area contributed by atoms with Crippen LogP contribution in [-0.4, -0.2) is 0 Å². The van der Waals surface area contributed by atoms with Crippen LogP contribution in [0.4, 0.5) is 32.0 Å². The summed E-state index contributed by atoms with van der Waals surface area (Å²) in [4.78, 5) is 0. The van der Waals surface area contributed by atoms with Gasteiger partial charge in [0.2, 0.25) is 0 Å². The molecule has 3 N–H and O–H groups in total. The number of anilines is 1. The largest absolute Gasteiger partial charge is 0.418 e. The Balaban J connectivity index is 3.51. The summed E-state index contributed by atoms with van der Waals surface area (Å²) < 4.78 is 74.3. The molecule has 2 nitrogen and oxygen atoms in total. The fraction of sp³-hybridized carbons (Fsp3) is 0.250. The lowest BCUT2D eigenvalue weighted by atomic mass is 10.1. The number of hydrazine groups is 1. The molecule has 0 aliphatic rings. The molecule has 1 aromatic rings. The lowest BCUT2D eigenvalue weighted by Crippen LogP contribution is -2.17. The lowest BCUT2D eigenvalue weighted by molar-refractivity contribution is -0.142. The molecule has 0 unspecified atom stereocenters. The number of nitrogens with one attached hydrogen (secondary N) is 1. The molecule has 9 heteroatoms. The van der Waals surface area contributed by atoms with Crippen LogP contribution in [0.2, 0.25) is 5.02 Å². The van der Waals surface area contributed by atoms with Gasteiger partial charge in [0.1, 0.15) is 0 Å². The molecule has 0 saturated carbocycles. The van der Waals surface area contributed by atoms with Crippen LogP contribution in [0.15, 0.2) is 12.1 Å². The van der Waals surface area contributed by atoms with Gasteiger partial charge in [-0.15, -0.1) is 0 Å². The first-order valence-electron chi connectivity index (χ1n) is 4.02. The Morgan fingerprint density at radius 3 is 1.88 bits per heavy atom. The number of hydrogen-bond donors (Lipinski definition) is 2. The third-order valence-corrected chi connectivity index (χ3v) is 2.17. The minimum absolute atomic E-state index is 0.0545. The van der Waals surface area contributed by atoms with Crippen LogP contribution >= 0.6 is 11.6 Å². The summed E-state index contributed by atoms with van der Waals surface area (Å²) in [5, 5.41) is -0.755. The van der Waals surface area contributed by atoms with Crippen LogP contribution in [-0.2, 0) is 12.4 Å². The van der Waals surface area contributed by atoms with E-state index < -0.39 is 34.2 Å². The molecule has 96 valence electrons. The van der Waals surface area contributed by atoms with Gasteiger partial charge in [0.15, 0.2) is 0 Å². The summed E-state index contributed by atoms with van der Waals surface area (Å²) in [6.45, 7) is 0. The maximum absolute atomic E-state index is 12.5. The van der Waals surface area contributed by atoms with Gasteiger partial charge in [-0.05, 0) is 12.1 Å². The maximum Gasteiger partial charge on any atom is 0.418 e. The van der Waals surface area contributed by atoms with Crippen molar-refractivity contribution in [3.8, 4) is 0 Å². The van der Waals surface area contributed by atoms with Gasteiger partial charge in [0, 0.05) is 0 Å². The van der Waals surface area contributed by atoms with Gasteiger partial charge in [-0.2, -0.15) is 26.3 Å². The molecule has 0 saturated heterocycles. The number of alkyl halides is 6. The van der Waals surface area contributed by atoms with Gasteiger partial charge >= 0.3 is 12.4 Å². The van der Waals surface area contributed by atoms with E-state index in [0.717, 1.165) is 0 Å². The normalized spacial score (nSPS) is 12.7. The highest BCUT2D eigenvalue weighted by atomic mass is 35.5. The zero-order valence-electron chi connectivity index (χ0n) is 7.88. The molecule has 0 bridgehead atoms. The smallest absolute Gasteiger partial charge is 0.322 e. The Kier molecular flexibility index (Phi) is 3.49. The average molecular weight is 279 g/mol. The van der Waals surface area contributed by atoms with E-state index in [1.165, 1.54) is 0 Å². The Labute approximate surface area is 96.3 Å². The van der Waals surface area contributed by atoms with Gasteiger partial charge in [-0.25, -0.2) is 0 Å². The summed E-state index contributed by atoms with van der Waals surface area (Å²) in [5.74, 6) is 4.79. The Bertz CT molecular complexity index is 425. The van der Waals surface area contributed by atoms with Gasteiger partial charge in [-0.3, -0.25) is 5.84 Å². The molecule has 0 amide bonds. The van der Waals surface area contributed by atoms with E-state index in [9.17, 15) is 26.3 Å². The fourth-order valence-corrected chi connectivity index (χ4v) is 1.41. The lowest BCUT2D eigenvalue weighted by Gasteiger charge is -2.16. The van der Waals surface area contributed by atoms with E-state index in [2.05, 4.69) is 0 Å². The van der Waals surface area contributed by atoms with Gasteiger partial charge in [-0.1, -0.05) is 11.6 Å². The van der Waals surface area contributed by atoms with E-state index in [1.807, 2.05) is 0 Å². The third kappa shape index (κ3) is 2.95. The first-order valence-corrected chi connectivity index (χ1v) is 4.39. The van der Waals surface area contributed by atoms with Crippen LogP contribution in [0, 0.1) is 0 Å². The van der Waals surface area contributed by atoms with E-state index >= 15 is 0 Å². The highest BCUT2D eigenvalue weighted by Crippen LogP contribution is 2.42. The molecule has 0 fully saturated rings. The molecule has 0 heterocycles. The Morgan fingerprint density at radius 2 is 1.53 bits per heavy atom. The average Bonchev–Trinajstić information content (AvgIpc) is 2.13. The summed E-state index contributed by atoms with van der Waals surface area (Å²) in [5.41, 5.74) is -2.23. The van der Waals surface area contributed by atoms with Crippen molar-refractivity contribution >= 4 is 17.3 Å². The van der Waals surface area contributed by atoms with Crippen molar-refractivity contribution in [2.75, 3.05) is 5.43 Å². The second-order valence-electron chi connectivity index (χ2n) is 3.02. The zero-order chi connectivity index (χ0) is 13.4. The summed E-state index contributed by atoms with van der Waals surface area (Å²) >= 11 is 5.30. The number of hydrogen-bond acceptors (Lipinski definition) is 2. The standard InChI is InChI=1S/C8H5ClF6N2/c9-5-2-3(7(10,11)12)1-4(6(5)17-16)8(13,14)15/h1-2,17H,16H2. The van der Waals surface area contributed by atoms with Crippen molar-refractivity contribution in [3.63, 3.8) is 0 Å². The molecular weight excluding hydrogens is 274 g/mol. The minimum atomic E-state index is -4.99. The van der Waals surface area contributed by atoms with Crippen molar-refractivity contribution in [3.05, 3.63) is 28.3 Å². The number of nitrogens with two attached hydrogens (primary N) is 1. The van der Waals surface area contributed by atoms with Crippen molar-refractivity contribution in [1.82, 2.24) is 0 Å². The quantitative estimate of drug-likeness (QED) is 0.467. The first kappa shape index (κ1) is 13.9. The Hall–Kier alpha value is -1.15. The van der Waals surface area contributed by atoms with E-state index in [-0.39, 0.29) is 6.07 Å². The van der Waals surface area contributed by atoms with Crippen LogP contribution in [0.3, 0.4) is 0 Å². The van der Waals surface area contributed by atoms with E-state index in [0.29, 0.717) is 6.07 Å². The summed E-state index contributed by atoms with van der Waals surface area (Å²) in [7, 11) is 0. The summed E-state index contributed by atoms with van der Waals surface area (Å²) in [6.07, 6.45) is -9.91. The highest BCUT2D eigenvalue weighted by molar-refractivity contribution is 6.33. The van der Waals surface area contributed by atoms with Crippen molar-refractivity contribution < 1.29 is 26.3 Å². The van der Waals surface area contributed by atoms with Crippen molar-refractivity contribution in [2.45, 2.75) is 12.4 Å².